The molecule has 0 bridgehead atoms. The second-order valence-electron chi connectivity index (χ2n) is 4.15. The van der Waals surface area contributed by atoms with Gasteiger partial charge in [0, 0.05) is 10.7 Å². The topological polar surface area (TPSA) is 61.5 Å². The molecule has 0 amide bonds. The predicted molar refractivity (Wildman–Crippen MR) is 83.3 cm³/mol. The number of ether oxygens (including phenoxy) is 2. The van der Waals surface area contributed by atoms with E-state index in [9.17, 15) is 4.79 Å². The summed E-state index contributed by atoms with van der Waals surface area (Å²) in [6.45, 7) is 1.98. The third-order valence-corrected chi connectivity index (χ3v) is 3.14. The van der Waals surface area contributed by atoms with Gasteiger partial charge in [-0.3, -0.25) is 0 Å². The second-order valence-corrected chi connectivity index (χ2v) is 5.00. The molecule has 0 saturated carbocycles. The molecule has 0 spiro atoms. The fourth-order valence-corrected chi connectivity index (χ4v) is 2.13. The molecule has 21 heavy (non-hydrogen) atoms. The molecule has 0 fully saturated rings. The molecule has 0 aliphatic heterocycles. The Morgan fingerprint density at radius 2 is 1.86 bits per heavy atom. The number of hydrogen-bond donors (Lipinski definition) is 1. The zero-order valence-corrected chi connectivity index (χ0v) is 12.7. The van der Waals surface area contributed by atoms with E-state index in [-0.39, 0.29) is 12.2 Å². The smallest absolute Gasteiger partial charge is 0.342 e. The third-order valence-electron chi connectivity index (χ3n) is 2.61. The van der Waals surface area contributed by atoms with Crippen LogP contribution in [0.15, 0.2) is 36.4 Å². The van der Waals surface area contributed by atoms with E-state index in [1.54, 1.807) is 37.3 Å². The first-order valence-electron chi connectivity index (χ1n) is 6.20. The van der Waals surface area contributed by atoms with Gasteiger partial charge in [-0.25, -0.2) is 4.79 Å². The van der Waals surface area contributed by atoms with Crippen molar-refractivity contribution in [2.45, 2.75) is 6.92 Å². The summed E-state index contributed by atoms with van der Waals surface area (Å²) in [4.78, 5) is 11.9. The average molecular weight is 326 g/mol. The maximum absolute atomic E-state index is 11.9. The van der Waals surface area contributed by atoms with Crippen molar-refractivity contribution < 1.29 is 14.3 Å². The molecule has 2 rings (SSSR count). The molecule has 2 aromatic rings. The number of nitrogen functional groups attached to an aromatic ring is 1. The molecule has 0 aliphatic rings. The van der Waals surface area contributed by atoms with Gasteiger partial charge in [0.05, 0.1) is 11.6 Å². The summed E-state index contributed by atoms with van der Waals surface area (Å²) in [6.07, 6.45) is 0. The summed E-state index contributed by atoms with van der Waals surface area (Å²) in [5.74, 6) is 0.188. The highest BCUT2D eigenvalue weighted by atomic mass is 35.5. The second kappa shape index (κ2) is 6.70. The Morgan fingerprint density at radius 1 is 1.14 bits per heavy atom. The number of halogens is 2. The van der Waals surface area contributed by atoms with Gasteiger partial charge in [0.25, 0.3) is 0 Å². The van der Waals surface area contributed by atoms with Gasteiger partial charge in [-0.1, -0.05) is 23.2 Å². The van der Waals surface area contributed by atoms with E-state index in [1.165, 1.54) is 6.07 Å². The SMILES string of the molecule is CCOC(=O)c1cc(N)ccc1Oc1ccc(Cl)cc1Cl. The summed E-state index contributed by atoms with van der Waals surface area (Å²) >= 11 is 11.9. The minimum Gasteiger partial charge on any atom is -0.462 e. The molecule has 4 nitrogen and oxygen atoms in total. The molecule has 0 aromatic heterocycles. The molecule has 0 unspecified atom stereocenters. The maximum Gasteiger partial charge on any atom is 0.342 e. The van der Waals surface area contributed by atoms with Crippen LogP contribution in [0, 0.1) is 0 Å². The van der Waals surface area contributed by atoms with Gasteiger partial charge < -0.3 is 15.2 Å². The highest BCUT2D eigenvalue weighted by molar-refractivity contribution is 6.35. The normalized spacial score (nSPS) is 10.2. The van der Waals surface area contributed by atoms with E-state index < -0.39 is 5.97 Å². The molecule has 110 valence electrons. The largest absolute Gasteiger partial charge is 0.462 e. The van der Waals surface area contributed by atoms with E-state index in [0.29, 0.717) is 27.2 Å². The lowest BCUT2D eigenvalue weighted by atomic mass is 10.2. The van der Waals surface area contributed by atoms with E-state index in [4.69, 9.17) is 38.4 Å². The van der Waals surface area contributed by atoms with Gasteiger partial charge in [0.2, 0.25) is 0 Å². The number of nitrogens with two attached hydrogens (primary N) is 1. The monoisotopic (exact) mass is 325 g/mol. The Balaban J connectivity index is 2.37. The highest BCUT2D eigenvalue weighted by Crippen LogP contribution is 2.34. The fourth-order valence-electron chi connectivity index (χ4n) is 1.68. The molecule has 2 N–H and O–H groups in total. The van der Waals surface area contributed by atoms with Crippen LogP contribution in [0.4, 0.5) is 5.69 Å². The first-order chi connectivity index (χ1) is 10.0. The lowest BCUT2D eigenvalue weighted by Crippen LogP contribution is -2.07. The molecular weight excluding hydrogens is 313 g/mol. The Labute approximate surface area is 132 Å². The highest BCUT2D eigenvalue weighted by Gasteiger charge is 2.16. The summed E-state index contributed by atoms with van der Waals surface area (Å²) < 4.78 is 10.7. The van der Waals surface area contributed by atoms with Crippen LogP contribution in [0.3, 0.4) is 0 Å². The van der Waals surface area contributed by atoms with Gasteiger partial charge in [-0.05, 0) is 43.3 Å². The van der Waals surface area contributed by atoms with Crippen LogP contribution >= 0.6 is 23.2 Å². The van der Waals surface area contributed by atoms with Crippen LogP contribution < -0.4 is 10.5 Å². The van der Waals surface area contributed by atoms with Gasteiger partial charge in [-0.15, -0.1) is 0 Å². The van der Waals surface area contributed by atoms with E-state index in [1.807, 2.05) is 0 Å². The van der Waals surface area contributed by atoms with Crippen LogP contribution in [0.2, 0.25) is 10.0 Å². The molecule has 0 heterocycles. The van der Waals surface area contributed by atoms with Crippen LogP contribution in [-0.2, 0) is 4.74 Å². The lowest BCUT2D eigenvalue weighted by molar-refractivity contribution is 0.0523. The molecule has 0 atom stereocenters. The third kappa shape index (κ3) is 3.80. The van der Waals surface area contributed by atoms with Crippen molar-refractivity contribution in [1.82, 2.24) is 0 Å². The van der Waals surface area contributed by atoms with Crippen LogP contribution in [0.1, 0.15) is 17.3 Å². The molecular formula is C15H13Cl2NO3. The zero-order valence-electron chi connectivity index (χ0n) is 11.2. The Hall–Kier alpha value is -1.91. The molecule has 6 heteroatoms. The van der Waals surface area contributed by atoms with Crippen molar-refractivity contribution >= 4 is 34.9 Å². The van der Waals surface area contributed by atoms with Gasteiger partial charge in [0.15, 0.2) is 0 Å². The molecule has 0 radical (unpaired) electrons. The molecule has 0 saturated heterocycles. The Bertz CT molecular complexity index is 674. The summed E-state index contributed by atoms with van der Waals surface area (Å²) in [5, 5.41) is 0.837. The van der Waals surface area contributed by atoms with Gasteiger partial charge in [0.1, 0.15) is 17.1 Å². The predicted octanol–water partition coefficient (Wildman–Crippen LogP) is 4.54. The number of hydrogen-bond acceptors (Lipinski definition) is 4. The maximum atomic E-state index is 11.9. The average Bonchev–Trinajstić information content (AvgIpc) is 2.43. The van der Waals surface area contributed by atoms with Crippen LogP contribution in [0.25, 0.3) is 0 Å². The number of esters is 1. The zero-order chi connectivity index (χ0) is 15.4. The van der Waals surface area contributed by atoms with E-state index in [2.05, 4.69) is 0 Å². The number of carbonyl (C=O) groups is 1. The van der Waals surface area contributed by atoms with Crippen molar-refractivity contribution in [2.75, 3.05) is 12.3 Å². The first-order valence-corrected chi connectivity index (χ1v) is 6.96. The number of benzene rings is 2. The summed E-state index contributed by atoms with van der Waals surface area (Å²) in [7, 11) is 0. The van der Waals surface area contributed by atoms with E-state index >= 15 is 0 Å². The standard InChI is InChI=1S/C15H13Cl2NO3/c1-2-20-15(19)11-8-10(18)4-6-13(11)21-14-5-3-9(16)7-12(14)17/h3-8H,2,18H2,1H3. The van der Waals surface area contributed by atoms with Crippen LogP contribution in [0.5, 0.6) is 11.5 Å². The number of carbonyl (C=O) groups excluding carboxylic acids is 1. The minimum atomic E-state index is -0.509. The summed E-state index contributed by atoms with van der Waals surface area (Å²) in [5.41, 5.74) is 6.37. The van der Waals surface area contributed by atoms with Crippen molar-refractivity contribution in [2.24, 2.45) is 0 Å². The van der Waals surface area contributed by atoms with Crippen molar-refractivity contribution in [3.63, 3.8) is 0 Å². The van der Waals surface area contributed by atoms with Gasteiger partial charge >= 0.3 is 5.97 Å². The fraction of sp³-hybridized carbons (Fsp3) is 0.133. The van der Waals surface area contributed by atoms with E-state index in [0.717, 1.165) is 0 Å². The Kier molecular flexibility index (Phi) is 4.94. The number of rotatable bonds is 4. The lowest BCUT2D eigenvalue weighted by Gasteiger charge is -2.12. The van der Waals surface area contributed by atoms with Crippen molar-refractivity contribution in [3.8, 4) is 11.5 Å². The number of anilines is 1. The molecule has 2 aromatic carbocycles. The minimum absolute atomic E-state index is 0.239. The molecule has 0 aliphatic carbocycles. The first kappa shape index (κ1) is 15.5. The summed E-state index contributed by atoms with van der Waals surface area (Å²) in [6, 6.07) is 9.53. The van der Waals surface area contributed by atoms with Crippen LogP contribution in [-0.4, -0.2) is 12.6 Å². The van der Waals surface area contributed by atoms with Crippen molar-refractivity contribution in [3.05, 3.63) is 52.0 Å². The van der Waals surface area contributed by atoms with Gasteiger partial charge in [-0.2, -0.15) is 0 Å². The Morgan fingerprint density at radius 3 is 2.52 bits per heavy atom. The van der Waals surface area contributed by atoms with Crippen molar-refractivity contribution in [1.29, 1.82) is 0 Å². The quantitative estimate of drug-likeness (QED) is 0.662.